The Morgan fingerprint density at radius 1 is 1.15 bits per heavy atom. The zero-order valence-corrected chi connectivity index (χ0v) is 13.2. The maximum absolute atomic E-state index is 12.8. The molecule has 2 N–H and O–H groups in total. The van der Waals surface area contributed by atoms with Gasteiger partial charge < -0.3 is 10.6 Å². The summed E-state index contributed by atoms with van der Waals surface area (Å²) in [6.45, 7) is 12.0. The highest BCUT2D eigenvalue weighted by Crippen LogP contribution is 2.68. The van der Waals surface area contributed by atoms with Crippen LogP contribution in [0.15, 0.2) is 24.3 Å². The molecule has 0 bridgehead atoms. The molecule has 110 valence electrons. The number of rotatable bonds is 4. The fraction of sp³-hybridized carbons (Fsp3) is 0.588. The molecule has 0 aromatic heterocycles. The number of amides is 1. The average Bonchev–Trinajstić information content (AvgIpc) is 2.81. The maximum atomic E-state index is 12.8. The van der Waals surface area contributed by atoms with Gasteiger partial charge in [0, 0.05) is 24.7 Å². The van der Waals surface area contributed by atoms with Gasteiger partial charge in [0.1, 0.15) is 0 Å². The Bertz CT molecular complexity index is 488. The van der Waals surface area contributed by atoms with E-state index in [2.05, 4.69) is 27.7 Å². The first-order chi connectivity index (χ1) is 9.27. The van der Waals surface area contributed by atoms with Crippen molar-refractivity contribution in [3.8, 4) is 0 Å². The molecule has 20 heavy (non-hydrogen) atoms. The lowest BCUT2D eigenvalue weighted by molar-refractivity contribution is -0.120. The van der Waals surface area contributed by atoms with E-state index in [1.54, 1.807) is 0 Å². The molecule has 1 amide bonds. The Morgan fingerprint density at radius 3 is 2.00 bits per heavy atom. The third-order valence-corrected chi connectivity index (χ3v) is 5.33. The summed E-state index contributed by atoms with van der Waals surface area (Å²) in [6, 6.07) is 7.97. The molecule has 0 unspecified atom stereocenters. The van der Waals surface area contributed by atoms with Crippen molar-refractivity contribution >= 4 is 11.6 Å². The summed E-state index contributed by atoms with van der Waals surface area (Å²) in [4.78, 5) is 14.7. The molecule has 1 fully saturated rings. The van der Waals surface area contributed by atoms with Crippen LogP contribution in [0.3, 0.4) is 0 Å². The van der Waals surface area contributed by atoms with Crippen LogP contribution >= 0.6 is 0 Å². The predicted molar refractivity (Wildman–Crippen MR) is 83.4 cm³/mol. The number of hydrogen-bond acceptors (Lipinski definition) is 2. The molecule has 1 aromatic rings. The maximum Gasteiger partial charge on any atom is 0.231 e. The lowest BCUT2D eigenvalue weighted by Gasteiger charge is -2.22. The first kappa shape index (κ1) is 15.0. The Labute approximate surface area is 122 Å². The van der Waals surface area contributed by atoms with Crippen LogP contribution < -0.4 is 10.6 Å². The molecule has 3 heteroatoms. The molecule has 3 nitrogen and oxygen atoms in total. The lowest BCUT2D eigenvalue weighted by Crippen LogP contribution is -2.33. The van der Waals surface area contributed by atoms with Crippen molar-refractivity contribution in [3.05, 3.63) is 29.8 Å². The molecule has 1 aliphatic carbocycles. The van der Waals surface area contributed by atoms with Gasteiger partial charge in [0.2, 0.25) is 5.91 Å². The molecule has 1 saturated carbocycles. The minimum Gasteiger partial charge on any atom is -0.326 e. The minimum atomic E-state index is 0.0781. The van der Waals surface area contributed by atoms with Crippen molar-refractivity contribution in [1.29, 1.82) is 0 Å². The van der Waals surface area contributed by atoms with E-state index in [0.29, 0.717) is 13.1 Å². The van der Waals surface area contributed by atoms with Crippen LogP contribution in [0.4, 0.5) is 5.69 Å². The summed E-state index contributed by atoms with van der Waals surface area (Å²) in [7, 11) is 0. The highest BCUT2D eigenvalue weighted by atomic mass is 16.2. The largest absolute Gasteiger partial charge is 0.326 e. The van der Waals surface area contributed by atoms with Gasteiger partial charge in [-0.2, -0.15) is 0 Å². The number of hydrogen-bond donors (Lipinski definition) is 1. The first-order valence-electron chi connectivity index (χ1n) is 7.37. The standard InChI is InChI=1S/C17H26N2O/c1-6-19(13-9-7-12(11-18)8-10-13)15(20)14-16(2,3)17(14,4)5/h7-10,14H,6,11,18H2,1-5H3. The van der Waals surface area contributed by atoms with Gasteiger partial charge in [-0.15, -0.1) is 0 Å². The summed E-state index contributed by atoms with van der Waals surface area (Å²) >= 11 is 0. The van der Waals surface area contributed by atoms with E-state index < -0.39 is 0 Å². The number of carbonyl (C=O) groups excluding carboxylic acids is 1. The number of anilines is 1. The second-order valence-electron chi connectivity index (χ2n) is 6.83. The van der Waals surface area contributed by atoms with Crippen molar-refractivity contribution in [3.63, 3.8) is 0 Å². The van der Waals surface area contributed by atoms with Crippen molar-refractivity contribution in [2.24, 2.45) is 22.5 Å². The summed E-state index contributed by atoms with van der Waals surface area (Å²) in [5.41, 5.74) is 7.83. The van der Waals surface area contributed by atoms with Crippen LogP contribution in [0, 0.1) is 16.7 Å². The van der Waals surface area contributed by atoms with Gasteiger partial charge in [0.05, 0.1) is 0 Å². The number of carbonyl (C=O) groups is 1. The summed E-state index contributed by atoms with van der Waals surface area (Å²) < 4.78 is 0. The third-order valence-electron chi connectivity index (χ3n) is 5.33. The SMILES string of the molecule is CCN(C(=O)C1C(C)(C)C1(C)C)c1ccc(CN)cc1. The highest BCUT2D eigenvalue weighted by molar-refractivity contribution is 5.98. The second-order valence-corrected chi connectivity index (χ2v) is 6.83. The monoisotopic (exact) mass is 274 g/mol. The van der Waals surface area contributed by atoms with Crippen LogP contribution in [-0.4, -0.2) is 12.5 Å². The van der Waals surface area contributed by atoms with Crippen molar-refractivity contribution < 1.29 is 4.79 Å². The summed E-state index contributed by atoms with van der Waals surface area (Å²) in [5.74, 6) is 0.340. The Balaban J connectivity index is 2.23. The molecule has 0 aliphatic heterocycles. The number of nitrogens with zero attached hydrogens (tertiary/aromatic N) is 1. The van der Waals surface area contributed by atoms with E-state index in [1.165, 1.54) is 0 Å². The van der Waals surface area contributed by atoms with E-state index in [0.717, 1.165) is 11.3 Å². The molecule has 1 aliphatic rings. The zero-order chi connectivity index (χ0) is 15.1. The van der Waals surface area contributed by atoms with Gasteiger partial charge in [0.15, 0.2) is 0 Å². The molecule has 0 radical (unpaired) electrons. The van der Waals surface area contributed by atoms with Crippen LogP contribution in [0.25, 0.3) is 0 Å². The van der Waals surface area contributed by atoms with E-state index >= 15 is 0 Å². The van der Waals surface area contributed by atoms with Crippen LogP contribution in [0.5, 0.6) is 0 Å². The van der Waals surface area contributed by atoms with E-state index in [1.807, 2.05) is 36.1 Å². The zero-order valence-electron chi connectivity index (χ0n) is 13.2. The van der Waals surface area contributed by atoms with Gasteiger partial charge in [0.25, 0.3) is 0 Å². The van der Waals surface area contributed by atoms with Crippen LogP contribution in [0.2, 0.25) is 0 Å². The molecule has 1 aromatic carbocycles. The van der Waals surface area contributed by atoms with Crippen LogP contribution in [0.1, 0.15) is 40.2 Å². The quantitative estimate of drug-likeness (QED) is 0.916. The molecule has 0 heterocycles. The molecule has 0 atom stereocenters. The smallest absolute Gasteiger partial charge is 0.231 e. The number of benzene rings is 1. The Kier molecular flexibility index (Phi) is 3.67. The van der Waals surface area contributed by atoms with Crippen molar-refractivity contribution in [2.75, 3.05) is 11.4 Å². The van der Waals surface area contributed by atoms with Gasteiger partial charge >= 0.3 is 0 Å². The average molecular weight is 274 g/mol. The first-order valence-corrected chi connectivity index (χ1v) is 7.37. The van der Waals surface area contributed by atoms with E-state index in [9.17, 15) is 4.79 Å². The lowest BCUT2D eigenvalue weighted by atomic mass is 10.0. The van der Waals surface area contributed by atoms with Crippen molar-refractivity contribution in [1.82, 2.24) is 0 Å². The van der Waals surface area contributed by atoms with E-state index in [4.69, 9.17) is 5.73 Å². The molecule has 0 spiro atoms. The minimum absolute atomic E-state index is 0.0781. The van der Waals surface area contributed by atoms with Gasteiger partial charge in [-0.05, 0) is 35.4 Å². The topological polar surface area (TPSA) is 46.3 Å². The highest BCUT2D eigenvalue weighted by Gasteiger charge is 2.68. The fourth-order valence-corrected chi connectivity index (χ4v) is 3.25. The third kappa shape index (κ3) is 2.14. The molecule has 0 saturated heterocycles. The second kappa shape index (κ2) is 4.88. The normalized spacial score (nSPS) is 19.7. The summed E-state index contributed by atoms with van der Waals surface area (Å²) in [6.07, 6.45) is 0. The van der Waals surface area contributed by atoms with Gasteiger partial charge in [-0.1, -0.05) is 39.8 Å². The van der Waals surface area contributed by atoms with E-state index in [-0.39, 0.29) is 22.7 Å². The Morgan fingerprint density at radius 2 is 1.65 bits per heavy atom. The van der Waals surface area contributed by atoms with Gasteiger partial charge in [-0.3, -0.25) is 4.79 Å². The fourth-order valence-electron chi connectivity index (χ4n) is 3.25. The Hall–Kier alpha value is -1.35. The predicted octanol–water partition coefficient (Wildman–Crippen LogP) is 3.18. The summed E-state index contributed by atoms with van der Waals surface area (Å²) in [5, 5.41) is 0. The molecular weight excluding hydrogens is 248 g/mol. The molecular formula is C17H26N2O. The van der Waals surface area contributed by atoms with Gasteiger partial charge in [-0.25, -0.2) is 0 Å². The molecule has 2 rings (SSSR count). The number of nitrogens with two attached hydrogens (primary N) is 1. The van der Waals surface area contributed by atoms with Crippen molar-refractivity contribution in [2.45, 2.75) is 41.2 Å². The van der Waals surface area contributed by atoms with Crippen LogP contribution in [-0.2, 0) is 11.3 Å².